The summed E-state index contributed by atoms with van der Waals surface area (Å²) in [5.74, 6) is 1.46. The second-order valence-electron chi connectivity index (χ2n) is 6.28. The Morgan fingerprint density at radius 2 is 2.05 bits per heavy atom. The Hall–Kier alpha value is -1.11. The van der Waals surface area contributed by atoms with Crippen molar-refractivity contribution in [2.24, 2.45) is 11.8 Å². The van der Waals surface area contributed by atoms with Gasteiger partial charge in [-0.05, 0) is 70.3 Å². The molecule has 20 heavy (non-hydrogen) atoms. The van der Waals surface area contributed by atoms with Crippen LogP contribution in [-0.2, 0) is 4.79 Å². The molecule has 1 heteroatoms. The van der Waals surface area contributed by atoms with E-state index < -0.39 is 0 Å². The van der Waals surface area contributed by atoms with Crippen LogP contribution in [0.1, 0.15) is 66.7 Å². The van der Waals surface area contributed by atoms with Gasteiger partial charge in [-0.25, -0.2) is 0 Å². The monoisotopic (exact) mass is 274 g/mol. The molecule has 2 unspecified atom stereocenters. The summed E-state index contributed by atoms with van der Waals surface area (Å²) in [6.45, 7) is 10.6. The highest BCUT2D eigenvalue weighted by Crippen LogP contribution is 2.28. The van der Waals surface area contributed by atoms with E-state index in [0.29, 0.717) is 11.8 Å². The predicted molar refractivity (Wildman–Crippen MR) is 87.7 cm³/mol. The van der Waals surface area contributed by atoms with Gasteiger partial charge in [0.1, 0.15) is 0 Å². The first-order chi connectivity index (χ1) is 9.43. The summed E-state index contributed by atoms with van der Waals surface area (Å²) in [5.41, 5.74) is 4.03. The minimum atomic E-state index is 0.236. The highest BCUT2D eigenvalue weighted by atomic mass is 16.1. The molecule has 0 saturated heterocycles. The minimum absolute atomic E-state index is 0.236. The van der Waals surface area contributed by atoms with Gasteiger partial charge in [0.2, 0.25) is 0 Å². The lowest BCUT2D eigenvalue weighted by atomic mass is 9.95. The maximum atomic E-state index is 11.5. The summed E-state index contributed by atoms with van der Waals surface area (Å²) < 4.78 is 0. The first-order valence-corrected chi connectivity index (χ1v) is 7.99. The fraction of sp³-hybridized carbons (Fsp3) is 0.632. The van der Waals surface area contributed by atoms with E-state index >= 15 is 0 Å². The van der Waals surface area contributed by atoms with Gasteiger partial charge >= 0.3 is 0 Å². The maximum Gasteiger partial charge on any atom is 0.155 e. The van der Waals surface area contributed by atoms with Crippen molar-refractivity contribution >= 4 is 5.78 Å². The predicted octanol–water partition coefficient (Wildman–Crippen LogP) is 5.63. The van der Waals surface area contributed by atoms with E-state index in [1.54, 1.807) is 6.92 Å². The zero-order chi connectivity index (χ0) is 15.1. The third-order valence-electron chi connectivity index (χ3n) is 4.27. The molecule has 0 radical (unpaired) electrons. The van der Waals surface area contributed by atoms with Crippen molar-refractivity contribution < 1.29 is 4.79 Å². The van der Waals surface area contributed by atoms with Gasteiger partial charge in [0.25, 0.3) is 0 Å². The lowest BCUT2D eigenvalue weighted by Crippen LogP contribution is -2.00. The van der Waals surface area contributed by atoms with E-state index in [9.17, 15) is 4.79 Å². The van der Waals surface area contributed by atoms with E-state index in [1.165, 1.54) is 17.6 Å². The van der Waals surface area contributed by atoms with Gasteiger partial charge in [-0.2, -0.15) is 0 Å². The van der Waals surface area contributed by atoms with E-state index in [4.69, 9.17) is 0 Å². The van der Waals surface area contributed by atoms with Crippen LogP contribution in [0, 0.1) is 11.8 Å². The average molecular weight is 274 g/mol. The fourth-order valence-corrected chi connectivity index (χ4v) is 2.99. The standard InChI is InChI=1S/C19H30O/c1-6-8-19(17(5)20)10-7-9-18-12-14(2)11-15(3)16(4)13-18/h8,12-13,15,18H,6-7,9-11H2,1-5H3/b19-8-. The molecule has 0 spiro atoms. The molecule has 0 fully saturated rings. The van der Waals surface area contributed by atoms with Gasteiger partial charge in [0.15, 0.2) is 5.78 Å². The van der Waals surface area contributed by atoms with Gasteiger partial charge in [0, 0.05) is 0 Å². The molecule has 1 rings (SSSR count). The van der Waals surface area contributed by atoms with Gasteiger partial charge in [-0.1, -0.05) is 43.2 Å². The molecule has 0 aromatic rings. The van der Waals surface area contributed by atoms with Crippen molar-refractivity contribution in [2.45, 2.75) is 66.7 Å². The average Bonchev–Trinajstić information content (AvgIpc) is 2.47. The van der Waals surface area contributed by atoms with E-state index in [0.717, 1.165) is 31.3 Å². The number of Topliss-reactive ketones (excluding diaryl/α,β-unsaturated/α-hetero) is 1. The first kappa shape index (κ1) is 16.9. The van der Waals surface area contributed by atoms with Crippen LogP contribution in [0.2, 0.25) is 0 Å². The molecule has 1 aliphatic rings. The number of allylic oxidation sites excluding steroid dienone is 6. The Kier molecular flexibility index (Phi) is 6.98. The van der Waals surface area contributed by atoms with Gasteiger partial charge in [0.05, 0.1) is 0 Å². The van der Waals surface area contributed by atoms with Gasteiger partial charge in [-0.15, -0.1) is 0 Å². The molecule has 0 aromatic heterocycles. The molecular formula is C19H30O. The Bertz CT molecular complexity index is 423. The van der Waals surface area contributed by atoms with Crippen LogP contribution in [0.25, 0.3) is 0 Å². The Balaban J connectivity index is 2.58. The molecule has 0 saturated carbocycles. The van der Waals surface area contributed by atoms with Crippen LogP contribution in [0.3, 0.4) is 0 Å². The van der Waals surface area contributed by atoms with E-state index in [2.05, 4.69) is 45.9 Å². The maximum absolute atomic E-state index is 11.5. The third-order valence-corrected chi connectivity index (χ3v) is 4.27. The summed E-state index contributed by atoms with van der Waals surface area (Å²) in [4.78, 5) is 11.5. The fourth-order valence-electron chi connectivity index (χ4n) is 2.99. The highest BCUT2D eigenvalue weighted by molar-refractivity contribution is 5.93. The Labute approximate surface area is 124 Å². The Morgan fingerprint density at radius 3 is 2.65 bits per heavy atom. The van der Waals surface area contributed by atoms with Crippen molar-refractivity contribution in [3.05, 3.63) is 34.9 Å². The third kappa shape index (κ3) is 5.48. The lowest BCUT2D eigenvalue weighted by molar-refractivity contribution is -0.113. The lowest BCUT2D eigenvalue weighted by Gasteiger charge is -2.11. The minimum Gasteiger partial charge on any atom is -0.295 e. The van der Waals surface area contributed by atoms with E-state index in [-0.39, 0.29) is 5.78 Å². The summed E-state index contributed by atoms with van der Waals surface area (Å²) >= 11 is 0. The number of hydrogen-bond acceptors (Lipinski definition) is 1. The molecule has 0 heterocycles. The molecule has 1 nitrogen and oxygen atoms in total. The van der Waals surface area contributed by atoms with Crippen LogP contribution in [-0.4, -0.2) is 5.78 Å². The van der Waals surface area contributed by atoms with Crippen LogP contribution >= 0.6 is 0 Å². The van der Waals surface area contributed by atoms with Gasteiger partial charge in [-0.3, -0.25) is 4.79 Å². The number of rotatable bonds is 6. The second-order valence-corrected chi connectivity index (χ2v) is 6.28. The number of carbonyl (C=O) groups is 1. The van der Waals surface area contributed by atoms with Crippen LogP contribution in [0.15, 0.2) is 34.9 Å². The molecule has 2 atom stereocenters. The van der Waals surface area contributed by atoms with Crippen LogP contribution < -0.4 is 0 Å². The Morgan fingerprint density at radius 1 is 1.35 bits per heavy atom. The largest absolute Gasteiger partial charge is 0.295 e. The highest BCUT2D eigenvalue weighted by Gasteiger charge is 2.14. The zero-order valence-electron chi connectivity index (χ0n) is 13.8. The summed E-state index contributed by atoms with van der Waals surface area (Å²) in [6.07, 6.45) is 12.2. The molecule has 112 valence electrons. The summed E-state index contributed by atoms with van der Waals surface area (Å²) in [6, 6.07) is 0. The molecule has 0 bridgehead atoms. The van der Waals surface area contributed by atoms with Crippen molar-refractivity contribution in [1.29, 1.82) is 0 Å². The first-order valence-electron chi connectivity index (χ1n) is 7.99. The number of carbonyl (C=O) groups excluding carboxylic acids is 1. The van der Waals surface area contributed by atoms with E-state index in [1.807, 2.05) is 0 Å². The van der Waals surface area contributed by atoms with Crippen LogP contribution in [0.5, 0.6) is 0 Å². The van der Waals surface area contributed by atoms with Crippen molar-refractivity contribution in [3.8, 4) is 0 Å². The van der Waals surface area contributed by atoms with Crippen LogP contribution in [0.4, 0.5) is 0 Å². The molecule has 0 amide bonds. The van der Waals surface area contributed by atoms with Crippen molar-refractivity contribution in [2.75, 3.05) is 0 Å². The normalized spacial score (nSPS) is 23.9. The van der Waals surface area contributed by atoms with Gasteiger partial charge < -0.3 is 0 Å². The smallest absolute Gasteiger partial charge is 0.155 e. The SMILES string of the molecule is CC/C=C(/CCCC1C=C(C)CC(C)C(C)=C1)C(C)=O. The molecule has 0 N–H and O–H groups in total. The molecule has 0 aliphatic heterocycles. The summed E-state index contributed by atoms with van der Waals surface area (Å²) in [5, 5.41) is 0. The zero-order valence-corrected chi connectivity index (χ0v) is 13.8. The topological polar surface area (TPSA) is 17.1 Å². The summed E-state index contributed by atoms with van der Waals surface area (Å²) in [7, 11) is 0. The quantitative estimate of drug-likeness (QED) is 0.453. The molecule has 0 aromatic carbocycles. The number of ketones is 1. The number of hydrogen-bond donors (Lipinski definition) is 0. The molecule has 1 aliphatic carbocycles. The second kappa shape index (κ2) is 8.24. The van der Waals surface area contributed by atoms with Crippen molar-refractivity contribution in [1.82, 2.24) is 0 Å². The van der Waals surface area contributed by atoms with Crippen molar-refractivity contribution in [3.63, 3.8) is 0 Å². The molecular weight excluding hydrogens is 244 g/mol.